The number of fused-ring (bicyclic) bond motifs is 1. The first kappa shape index (κ1) is 17.0. The third-order valence-corrected chi connectivity index (χ3v) is 4.29. The number of hydrogen-bond acceptors (Lipinski definition) is 6. The van der Waals surface area contributed by atoms with Crippen molar-refractivity contribution in [2.45, 2.75) is 6.54 Å². The Balaban J connectivity index is 1.65. The molecule has 0 spiro atoms. The second kappa shape index (κ2) is 7.41. The molecule has 27 heavy (non-hydrogen) atoms. The summed E-state index contributed by atoms with van der Waals surface area (Å²) in [5.74, 6) is 0.966. The Bertz CT molecular complexity index is 962. The summed E-state index contributed by atoms with van der Waals surface area (Å²) in [4.78, 5) is 27.6. The van der Waals surface area contributed by atoms with Crippen molar-refractivity contribution in [3.8, 4) is 23.1 Å². The van der Waals surface area contributed by atoms with E-state index in [4.69, 9.17) is 9.47 Å². The van der Waals surface area contributed by atoms with Gasteiger partial charge in [-0.2, -0.15) is 4.98 Å². The van der Waals surface area contributed by atoms with E-state index in [1.54, 1.807) is 17.2 Å². The molecule has 136 valence electrons. The van der Waals surface area contributed by atoms with Crippen LogP contribution < -0.4 is 9.47 Å². The third-order valence-electron chi connectivity index (χ3n) is 4.29. The van der Waals surface area contributed by atoms with Gasteiger partial charge in [0.15, 0.2) is 5.82 Å². The molecule has 7 heteroatoms. The minimum Gasteiger partial charge on any atom is -0.480 e. The standard InChI is InChI=1S/C20H18N4O3/c1-26-18-15(8-5-9-21-18)17-22-12-16-19(23-17)27-11-10-24(20(16)25)13-14-6-3-2-4-7-14/h2-9,12H,10-11,13H2,1H3. The molecule has 0 radical (unpaired) electrons. The van der Waals surface area contributed by atoms with Crippen molar-refractivity contribution < 1.29 is 14.3 Å². The van der Waals surface area contributed by atoms with Crippen molar-refractivity contribution in [3.63, 3.8) is 0 Å². The summed E-state index contributed by atoms with van der Waals surface area (Å²) in [5, 5.41) is 0. The topological polar surface area (TPSA) is 77.4 Å². The molecule has 2 aromatic heterocycles. The Kier molecular flexibility index (Phi) is 4.65. The highest BCUT2D eigenvalue weighted by Crippen LogP contribution is 2.28. The molecule has 0 atom stereocenters. The summed E-state index contributed by atoms with van der Waals surface area (Å²) >= 11 is 0. The van der Waals surface area contributed by atoms with Crippen LogP contribution in [0.5, 0.6) is 11.8 Å². The van der Waals surface area contributed by atoms with Gasteiger partial charge in [0.25, 0.3) is 5.91 Å². The highest BCUT2D eigenvalue weighted by atomic mass is 16.5. The summed E-state index contributed by atoms with van der Waals surface area (Å²) in [6.45, 7) is 1.36. The predicted octanol–water partition coefficient (Wildman–Crippen LogP) is 2.58. The molecule has 1 aromatic carbocycles. The normalized spacial score (nSPS) is 13.5. The van der Waals surface area contributed by atoms with Gasteiger partial charge in [0, 0.05) is 18.9 Å². The Hall–Kier alpha value is -3.48. The summed E-state index contributed by atoms with van der Waals surface area (Å²) in [7, 11) is 1.54. The Labute approximate surface area is 156 Å². The van der Waals surface area contributed by atoms with Gasteiger partial charge in [0.1, 0.15) is 12.2 Å². The lowest BCUT2D eigenvalue weighted by molar-refractivity contribution is 0.0742. The molecular formula is C20H18N4O3. The average Bonchev–Trinajstić information content (AvgIpc) is 2.87. The highest BCUT2D eigenvalue weighted by Gasteiger charge is 2.26. The smallest absolute Gasteiger partial charge is 0.261 e. The van der Waals surface area contributed by atoms with Crippen LogP contribution in [-0.4, -0.2) is 46.0 Å². The van der Waals surface area contributed by atoms with Crippen LogP contribution in [0.3, 0.4) is 0 Å². The largest absolute Gasteiger partial charge is 0.480 e. The molecule has 0 bridgehead atoms. The molecule has 1 amide bonds. The lowest BCUT2D eigenvalue weighted by atomic mass is 10.2. The van der Waals surface area contributed by atoms with Crippen LogP contribution in [0, 0.1) is 0 Å². The molecule has 0 aliphatic carbocycles. The summed E-state index contributed by atoms with van der Waals surface area (Å²) in [6, 6.07) is 13.4. The summed E-state index contributed by atoms with van der Waals surface area (Å²) in [6.07, 6.45) is 3.14. The Morgan fingerprint density at radius 1 is 1.11 bits per heavy atom. The zero-order valence-corrected chi connectivity index (χ0v) is 14.8. The van der Waals surface area contributed by atoms with E-state index in [9.17, 15) is 4.79 Å². The second-order valence-corrected chi connectivity index (χ2v) is 6.03. The molecule has 0 fully saturated rings. The summed E-state index contributed by atoms with van der Waals surface area (Å²) < 4.78 is 11.0. The van der Waals surface area contributed by atoms with Crippen LogP contribution >= 0.6 is 0 Å². The molecule has 7 nitrogen and oxygen atoms in total. The molecule has 3 heterocycles. The molecular weight excluding hydrogens is 344 g/mol. The van der Waals surface area contributed by atoms with Crippen LogP contribution in [0.4, 0.5) is 0 Å². The first-order valence-corrected chi connectivity index (χ1v) is 8.58. The SMILES string of the molecule is COc1ncccc1-c1ncc2c(n1)OCCN(Cc1ccccc1)C2=O. The van der Waals surface area contributed by atoms with Crippen LogP contribution in [0.15, 0.2) is 54.9 Å². The van der Waals surface area contributed by atoms with Gasteiger partial charge in [-0.25, -0.2) is 9.97 Å². The van der Waals surface area contributed by atoms with Crippen LogP contribution in [0.1, 0.15) is 15.9 Å². The zero-order valence-electron chi connectivity index (χ0n) is 14.8. The van der Waals surface area contributed by atoms with E-state index in [-0.39, 0.29) is 11.8 Å². The molecule has 0 saturated carbocycles. The molecule has 0 N–H and O–H groups in total. The maximum Gasteiger partial charge on any atom is 0.261 e. The van der Waals surface area contributed by atoms with Crippen LogP contribution in [0.25, 0.3) is 11.4 Å². The van der Waals surface area contributed by atoms with Gasteiger partial charge in [0.2, 0.25) is 11.8 Å². The fourth-order valence-corrected chi connectivity index (χ4v) is 2.96. The quantitative estimate of drug-likeness (QED) is 0.710. The van der Waals surface area contributed by atoms with Gasteiger partial charge < -0.3 is 14.4 Å². The predicted molar refractivity (Wildman–Crippen MR) is 98.5 cm³/mol. The molecule has 0 unspecified atom stereocenters. The maximum absolute atomic E-state index is 12.9. The minimum absolute atomic E-state index is 0.143. The number of rotatable bonds is 4. The van der Waals surface area contributed by atoms with Gasteiger partial charge >= 0.3 is 0 Å². The Morgan fingerprint density at radius 2 is 1.96 bits per heavy atom. The number of nitrogens with zero attached hydrogens (tertiary/aromatic N) is 4. The van der Waals surface area contributed by atoms with Crippen molar-refractivity contribution in [1.29, 1.82) is 0 Å². The van der Waals surface area contributed by atoms with Crippen molar-refractivity contribution in [3.05, 3.63) is 66.0 Å². The lowest BCUT2D eigenvalue weighted by Crippen LogP contribution is -2.31. The van der Waals surface area contributed by atoms with E-state index in [1.165, 1.54) is 13.3 Å². The van der Waals surface area contributed by atoms with Gasteiger partial charge in [-0.1, -0.05) is 30.3 Å². The summed E-state index contributed by atoms with van der Waals surface area (Å²) in [5.41, 5.74) is 2.06. The van der Waals surface area contributed by atoms with Crippen molar-refractivity contribution in [2.24, 2.45) is 0 Å². The fourth-order valence-electron chi connectivity index (χ4n) is 2.96. The Morgan fingerprint density at radius 3 is 2.78 bits per heavy atom. The van der Waals surface area contributed by atoms with Crippen molar-refractivity contribution >= 4 is 5.91 Å². The van der Waals surface area contributed by atoms with Crippen LogP contribution in [-0.2, 0) is 6.54 Å². The van der Waals surface area contributed by atoms with E-state index in [0.717, 1.165) is 5.56 Å². The number of ether oxygens (including phenoxy) is 2. The minimum atomic E-state index is -0.143. The number of carbonyl (C=O) groups is 1. The molecule has 4 rings (SSSR count). The van der Waals surface area contributed by atoms with E-state index >= 15 is 0 Å². The van der Waals surface area contributed by atoms with Gasteiger partial charge in [-0.3, -0.25) is 4.79 Å². The third kappa shape index (κ3) is 3.44. The first-order chi connectivity index (χ1) is 13.3. The van der Waals surface area contributed by atoms with E-state index in [2.05, 4.69) is 15.0 Å². The molecule has 3 aromatic rings. The second-order valence-electron chi connectivity index (χ2n) is 6.03. The average molecular weight is 362 g/mol. The van der Waals surface area contributed by atoms with E-state index in [1.807, 2.05) is 36.4 Å². The molecule has 1 aliphatic heterocycles. The lowest BCUT2D eigenvalue weighted by Gasteiger charge is -2.19. The number of carbonyl (C=O) groups excluding carboxylic acids is 1. The van der Waals surface area contributed by atoms with Gasteiger partial charge in [-0.05, 0) is 17.7 Å². The molecule has 1 aliphatic rings. The van der Waals surface area contributed by atoms with Crippen molar-refractivity contribution in [1.82, 2.24) is 19.9 Å². The number of amides is 1. The number of benzene rings is 1. The highest BCUT2D eigenvalue weighted by molar-refractivity contribution is 5.96. The monoisotopic (exact) mass is 362 g/mol. The maximum atomic E-state index is 12.9. The number of aromatic nitrogens is 3. The first-order valence-electron chi connectivity index (χ1n) is 8.58. The van der Waals surface area contributed by atoms with Crippen LogP contribution in [0.2, 0.25) is 0 Å². The number of hydrogen-bond donors (Lipinski definition) is 0. The van der Waals surface area contributed by atoms with E-state index in [0.29, 0.717) is 42.5 Å². The van der Waals surface area contributed by atoms with Crippen molar-refractivity contribution in [2.75, 3.05) is 20.3 Å². The fraction of sp³-hybridized carbons (Fsp3) is 0.200. The molecule has 0 saturated heterocycles. The number of methoxy groups -OCH3 is 1. The number of pyridine rings is 1. The zero-order chi connectivity index (χ0) is 18.6. The van der Waals surface area contributed by atoms with E-state index < -0.39 is 0 Å². The van der Waals surface area contributed by atoms with Gasteiger partial charge in [-0.15, -0.1) is 0 Å². The van der Waals surface area contributed by atoms with Gasteiger partial charge in [0.05, 0.1) is 19.2 Å².